The second-order valence-corrected chi connectivity index (χ2v) is 9.37. The van der Waals surface area contributed by atoms with Crippen molar-refractivity contribution in [2.75, 3.05) is 6.61 Å². The van der Waals surface area contributed by atoms with Crippen molar-refractivity contribution in [3.8, 4) is 17.3 Å². The van der Waals surface area contributed by atoms with Crippen LogP contribution >= 0.6 is 0 Å². The average Bonchev–Trinajstić information content (AvgIpc) is 2.78. The van der Waals surface area contributed by atoms with E-state index in [2.05, 4.69) is 0 Å². The fourth-order valence-corrected chi connectivity index (χ4v) is 4.21. The van der Waals surface area contributed by atoms with Crippen LogP contribution in [0.2, 0.25) is 0 Å². The Hall–Kier alpha value is -3.75. The molecule has 0 N–H and O–H groups in total. The van der Waals surface area contributed by atoms with Crippen LogP contribution in [-0.4, -0.2) is 25.4 Å². The molecule has 0 bridgehead atoms. The van der Waals surface area contributed by atoms with Crippen LogP contribution in [0.25, 0.3) is 11.3 Å². The minimum absolute atomic E-state index is 0.185. The quantitative estimate of drug-likeness (QED) is 0.451. The summed E-state index contributed by atoms with van der Waals surface area (Å²) in [5.41, 5.74) is -2.48. The van der Waals surface area contributed by atoms with Crippen molar-refractivity contribution in [1.82, 2.24) is 4.57 Å². The van der Waals surface area contributed by atoms with Gasteiger partial charge in [0.25, 0.3) is 15.7 Å². The molecule has 0 aliphatic rings. The number of aryl methyl sites for hydroxylation is 2. The monoisotopic (exact) mass is 504 g/mol. The topological polar surface area (TPSA) is 106 Å². The molecule has 7 nitrogen and oxygen atoms in total. The molecule has 35 heavy (non-hydrogen) atoms. The maximum Gasteiger partial charge on any atom is 0.417 e. The molecule has 3 aromatic rings. The van der Waals surface area contributed by atoms with Crippen molar-refractivity contribution < 1.29 is 30.6 Å². The number of aromatic nitrogens is 1. The molecule has 0 spiro atoms. The van der Waals surface area contributed by atoms with Crippen LogP contribution in [0.1, 0.15) is 22.3 Å². The first-order valence-corrected chi connectivity index (χ1v) is 11.5. The zero-order valence-electron chi connectivity index (χ0n) is 18.6. The molecule has 3 rings (SSSR count). The Labute approximate surface area is 199 Å². The number of Topliss-reactive ketones (excluding diaryl/α,β-unsaturated/α-hetero) is 1. The van der Waals surface area contributed by atoms with Crippen molar-refractivity contribution in [1.29, 1.82) is 5.26 Å². The highest BCUT2D eigenvalue weighted by Crippen LogP contribution is 2.33. The first kappa shape index (κ1) is 25.9. The third-order valence-corrected chi connectivity index (χ3v) is 6.33. The number of benzene rings is 2. The summed E-state index contributed by atoms with van der Waals surface area (Å²) in [7, 11) is -4.29. The van der Waals surface area contributed by atoms with Crippen LogP contribution in [0.5, 0.6) is 0 Å². The van der Waals surface area contributed by atoms with E-state index in [0.717, 1.165) is 5.56 Å². The second-order valence-electron chi connectivity index (χ2n) is 7.76. The van der Waals surface area contributed by atoms with Gasteiger partial charge in [-0.1, -0.05) is 41.5 Å². The number of pyridine rings is 1. The molecule has 1 aromatic heterocycles. The van der Waals surface area contributed by atoms with Gasteiger partial charge < -0.3 is 0 Å². The number of carbonyl (C=O) groups is 1. The standard InChI is InChI=1S/C24H19F3N2O5S/c1-15-6-8-19(9-7-15)35(32,33)34-14-18(30)13-29-22(17-5-3-4-16(2)10-17)11-21(24(25,26)27)20(12-28)23(29)31/h3-11H,13-14H2,1-2H3. The zero-order chi connectivity index (χ0) is 26.0. The van der Waals surface area contributed by atoms with Crippen LogP contribution in [0, 0.1) is 25.2 Å². The second kappa shape index (κ2) is 9.85. The van der Waals surface area contributed by atoms with E-state index >= 15 is 0 Å². The Morgan fingerprint density at radius 3 is 2.29 bits per heavy atom. The predicted molar refractivity (Wildman–Crippen MR) is 120 cm³/mol. The van der Waals surface area contributed by atoms with E-state index in [1.807, 2.05) is 0 Å². The lowest BCUT2D eigenvalue weighted by Crippen LogP contribution is -2.32. The Morgan fingerprint density at radius 1 is 1.06 bits per heavy atom. The fourth-order valence-electron chi connectivity index (χ4n) is 3.32. The summed E-state index contributed by atoms with van der Waals surface area (Å²) < 4.78 is 70.9. The van der Waals surface area contributed by atoms with Crippen molar-refractivity contribution in [2.45, 2.75) is 31.5 Å². The van der Waals surface area contributed by atoms with Gasteiger partial charge in [0, 0.05) is 0 Å². The van der Waals surface area contributed by atoms with E-state index in [4.69, 9.17) is 4.18 Å². The largest absolute Gasteiger partial charge is 0.417 e. The van der Waals surface area contributed by atoms with Gasteiger partial charge in [-0.15, -0.1) is 0 Å². The Balaban J connectivity index is 2.00. The third-order valence-electron chi connectivity index (χ3n) is 5.05. The van der Waals surface area contributed by atoms with Crippen LogP contribution in [0.15, 0.2) is 64.3 Å². The van der Waals surface area contributed by atoms with Gasteiger partial charge in [0.2, 0.25) is 0 Å². The molecule has 0 saturated heterocycles. The molecule has 1 heterocycles. The van der Waals surface area contributed by atoms with E-state index in [1.165, 1.54) is 42.5 Å². The van der Waals surface area contributed by atoms with E-state index < -0.39 is 51.9 Å². The van der Waals surface area contributed by atoms with Crippen molar-refractivity contribution in [3.05, 3.63) is 87.2 Å². The summed E-state index contributed by atoms with van der Waals surface area (Å²) >= 11 is 0. The van der Waals surface area contributed by atoms with Crippen LogP contribution in [-0.2, 0) is 31.8 Å². The van der Waals surface area contributed by atoms with Gasteiger partial charge in [-0.25, -0.2) is 0 Å². The Bertz CT molecular complexity index is 1490. The number of alkyl halides is 3. The lowest BCUT2D eigenvalue weighted by atomic mass is 10.0. The fraction of sp³-hybridized carbons (Fsp3) is 0.208. The SMILES string of the molecule is Cc1ccc(S(=O)(=O)OCC(=O)Cn2c(-c3cccc(C)c3)cc(C(F)(F)F)c(C#N)c2=O)cc1. The summed E-state index contributed by atoms with van der Waals surface area (Å²) in [4.78, 5) is 25.3. The zero-order valence-corrected chi connectivity index (χ0v) is 19.4. The third kappa shape index (κ3) is 5.85. The van der Waals surface area contributed by atoms with Crippen LogP contribution in [0.4, 0.5) is 13.2 Å². The van der Waals surface area contributed by atoms with Crippen LogP contribution in [0.3, 0.4) is 0 Å². The van der Waals surface area contributed by atoms with E-state index in [-0.39, 0.29) is 16.2 Å². The lowest BCUT2D eigenvalue weighted by Gasteiger charge is -2.17. The normalized spacial score (nSPS) is 11.8. The molecule has 0 fully saturated rings. The summed E-state index contributed by atoms with van der Waals surface area (Å²) in [6.07, 6.45) is -4.99. The highest BCUT2D eigenvalue weighted by atomic mass is 32.2. The number of nitriles is 1. The summed E-state index contributed by atoms with van der Waals surface area (Å²) in [5.74, 6) is -0.902. The smallest absolute Gasteiger partial charge is 0.300 e. The number of nitrogens with zero attached hydrogens (tertiary/aromatic N) is 2. The van der Waals surface area contributed by atoms with E-state index in [9.17, 15) is 36.4 Å². The molecule has 0 radical (unpaired) electrons. The highest BCUT2D eigenvalue weighted by molar-refractivity contribution is 7.86. The highest BCUT2D eigenvalue weighted by Gasteiger charge is 2.36. The molecular formula is C24H19F3N2O5S. The molecule has 0 aliphatic heterocycles. The van der Waals surface area contributed by atoms with E-state index in [0.29, 0.717) is 16.2 Å². The number of hydrogen-bond donors (Lipinski definition) is 0. The van der Waals surface area contributed by atoms with Gasteiger partial charge in [-0.05, 0) is 43.7 Å². The van der Waals surface area contributed by atoms with Gasteiger partial charge in [0.1, 0.15) is 18.2 Å². The van der Waals surface area contributed by atoms with Gasteiger partial charge >= 0.3 is 6.18 Å². The number of rotatable bonds is 7. The maximum atomic E-state index is 13.6. The summed E-state index contributed by atoms with van der Waals surface area (Å²) in [6, 6.07) is 13.8. The Kier molecular flexibility index (Phi) is 7.28. The van der Waals surface area contributed by atoms with Crippen molar-refractivity contribution >= 4 is 15.9 Å². The summed E-state index contributed by atoms with van der Waals surface area (Å²) in [5, 5.41) is 9.23. The first-order valence-electron chi connectivity index (χ1n) is 10.1. The minimum atomic E-state index is -4.99. The van der Waals surface area contributed by atoms with Gasteiger partial charge in [0.15, 0.2) is 5.78 Å². The molecular weight excluding hydrogens is 485 g/mol. The van der Waals surface area contributed by atoms with Gasteiger partial charge in [-0.3, -0.25) is 18.3 Å². The molecule has 182 valence electrons. The number of hydrogen-bond acceptors (Lipinski definition) is 6. The minimum Gasteiger partial charge on any atom is -0.300 e. The van der Waals surface area contributed by atoms with Crippen molar-refractivity contribution in [2.24, 2.45) is 0 Å². The molecule has 2 aromatic carbocycles. The number of ketones is 1. The van der Waals surface area contributed by atoms with Crippen LogP contribution < -0.4 is 5.56 Å². The Morgan fingerprint density at radius 2 is 1.71 bits per heavy atom. The first-order chi connectivity index (χ1) is 16.3. The molecule has 0 amide bonds. The van der Waals surface area contributed by atoms with Gasteiger partial charge in [-0.2, -0.15) is 26.9 Å². The molecule has 0 aliphatic carbocycles. The average molecular weight is 504 g/mol. The molecule has 11 heteroatoms. The molecule has 0 unspecified atom stereocenters. The summed E-state index contributed by atoms with van der Waals surface area (Å²) in [6.45, 7) is 1.68. The van der Waals surface area contributed by atoms with E-state index in [1.54, 1.807) is 26.0 Å². The molecule has 0 saturated carbocycles. The number of halogens is 3. The maximum absolute atomic E-state index is 13.6. The van der Waals surface area contributed by atoms with Gasteiger partial charge in [0.05, 0.1) is 22.7 Å². The van der Waals surface area contributed by atoms with Crippen molar-refractivity contribution in [3.63, 3.8) is 0 Å². The number of carbonyl (C=O) groups excluding carboxylic acids is 1. The lowest BCUT2D eigenvalue weighted by molar-refractivity contribution is -0.137. The molecule has 0 atom stereocenters. The predicted octanol–water partition coefficient (Wildman–Crippen LogP) is 4.00.